The minimum Gasteiger partial charge on any atom is -0.321 e. The molecule has 2 aliphatic carbocycles. The van der Waals surface area contributed by atoms with E-state index in [9.17, 15) is 13.6 Å². The van der Waals surface area contributed by atoms with Crippen molar-refractivity contribution >= 4 is 11.6 Å². The summed E-state index contributed by atoms with van der Waals surface area (Å²) in [5.41, 5.74) is 2.44. The van der Waals surface area contributed by atoms with E-state index < -0.39 is 11.8 Å². The van der Waals surface area contributed by atoms with Crippen LogP contribution < -0.4 is 5.32 Å². The molecule has 0 radical (unpaired) electrons. The number of carbonyl (C=O) groups excluding carboxylic acids is 1. The minimum atomic E-state index is -2.61. The van der Waals surface area contributed by atoms with Crippen LogP contribution in [-0.4, -0.2) is 21.6 Å². The molecule has 1 aromatic heterocycles. The number of aryl methyl sites for hydroxylation is 1. The largest absolute Gasteiger partial charge is 0.321 e. The summed E-state index contributed by atoms with van der Waals surface area (Å²) in [7, 11) is 0. The first-order chi connectivity index (χ1) is 11.4. The Balaban J connectivity index is 1.53. The maximum atomic E-state index is 13.2. The summed E-state index contributed by atoms with van der Waals surface area (Å²) in [6.07, 6.45) is 3.11. The van der Waals surface area contributed by atoms with E-state index in [2.05, 4.69) is 10.4 Å². The SMILES string of the molecule is Cc1cc(C(=O)Nc2cccc(C3CC3(F)F)c2)n(C2CCC2)n1. The summed E-state index contributed by atoms with van der Waals surface area (Å²) in [6.45, 7) is 1.86. The molecule has 4 rings (SSSR count). The van der Waals surface area contributed by atoms with Crippen molar-refractivity contribution in [1.29, 1.82) is 0 Å². The van der Waals surface area contributed by atoms with E-state index in [0.29, 0.717) is 16.9 Å². The lowest BCUT2D eigenvalue weighted by Crippen LogP contribution is -2.25. The fraction of sp³-hybridized carbons (Fsp3) is 0.444. The molecule has 1 unspecified atom stereocenters. The van der Waals surface area contributed by atoms with Crippen molar-refractivity contribution < 1.29 is 13.6 Å². The number of halogens is 2. The molecule has 2 aliphatic rings. The summed E-state index contributed by atoms with van der Waals surface area (Å²) < 4.78 is 28.3. The Kier molecular flexibility index (Phi) is 3.44. The number of amides is 1. The second kappa shape index (κ2) is 5.40. The van der Waals surface area contributed by atoms with Gasteiger partial charge in [-0.1, -0.05) is 12.1 Å². The second-order valence-corrected chi connectivity index (χ2v) is 6.80. The molecule has 2 fully saturated rings. The zero-order valence-electron chi connectivity index (χ0n) is 13.4. The number of nitrogens with one attached hydrogen (secondary N) is 1. The Morgan fingerprint density at radius 3 is 2.71 bits per heavy atom. The number of hydrogen-bond donors (Lipinski definition) is 1. The molecule has 4 nitrogen and oxygen atoms in total. The summed E-state index contributed by atoms with van der Waals surface area (Å²) in [6, 6.07) is 8.81. The van der Waals surface area contributed by atoms with Gasteiger partial charge in [-0.3, -0.25) is 9.48 Å². The van der Waals surface area contributed by atoms with Gasteiger partial charge in [0.2, 0.25) is 0 Å². The van der Waals surface area contributed by atoms with Crippen molar-refractivity contribution in [3.8, 4) is 0 Å². The van der Waals surface area contributed by atoms with E-state index in [-0.39, 0.29) is 18.4 Å². The van der Waals surface area contributed by atoms with Crippen LogP contribution in [0.15, 0.2) is 30.3 Å². The molecule has 1 aromatic carbocycles. The first-order valence-corrected chi connectivity index (χ1v) is 8.29. The summed E-state index contributed by atoms with van der Waals surface area (Å²) in [5, 5.41) is 7.25. The van der Waals surface area contributed by atoms with Crippen LogP contribution in [-0.2, 0) is 0 Å². The maximum absolute atomic E-state index is 13.2. The molecule has 0 bridgehead atoms. The first-order valence-electron chi connectivity index (χ1n) is 8.29. The van der Waals surface area contributed by atoms with E-state index in [1.165, 1.54) is 0 Å². The molecular weight excluding hydrogens is 312 g/mol. The number of carbonyl (C=O) groups is 1. The summed E-state index contributed by atoms with van der Waals surface area (Å²) >= 11 is 0. The normalized spacial score (nSPS) is 22.0. The smallest absolute Gasteiger partial charge is 0.273 e. The van der Waals surface area contributed by atoms with Crippen LogP contribution in [0.5, 0.6) is 0 Å². The maximum Gasteiger partial charge on any atom is 0.273 e. The van der Waals surface area contributed by atoms with Crippen molar-refractivity contribution in [2.45, 2.75) is 50.5 Å². The molecule has 2 saturated carbocycles. The fourth-order valence-corrected chi connectivity index (χ4v) is 3.20. The van der Waals surface area contributed by atoms with Crippen molar-refractivity contribution in [1.82, 2.24) is 9.78 Å². The van der Waals surface area contributed by atoms with Crippen molar-refractivity contribution in [3.63, 3.8) is 0 Å². The summed E-state index contributed by atoms with van der Waals surface area (Å²) in [4.78, 5) is 12.6. The van der Waals surface area contributed by atoms with Gasteiger partial charge in [0.15, 0.2) is 0 Å². The van der Waals surface area contributed by atoms with Gasteiger partial charge in [-0.2, -0.15) is 5.10 Å². The van der Waals surface area contributed by atoms with Gasteiger partial charge in [-0.15, -0.1) is 0 Å². The highest BCUT2D eigenvalue weighted by atomic mass is 19.3. The monoisotopic (exact) mass is 331 g/mol. The van der Waals surface area contributed by atoms with Crippen molar-refractivity contribution in [3.05, 3.63) is 47.3 Å². The lowest BCUT2D eigenvalue weighted by atomic mass is 9.93. The van der Waals surface area contributed by atoms with Gasteiger partial charge in [-0.25, -0.2) is 8.78 Å². The molecule has 0 aliphatic heterocycles. The van der Waals surface area contributed by atoms with Crippen molar-refractivity contribution in [2.75, 3.05) is 5.32 Å². The molecule has 1 N–H and O–H groups in total. The number of rotatable bonds is 4. The molecule has 24 heavy (non-hydrogen) atoms. The fourth-order valence-electron chi connectivity index (χ4n) is 3.20. The highest BCUT2D eigenvalue weighted by Crippen LogP contribution is 2.55. The molecule has 1 amide bonds. The van der Waals surface area contributed by atoms with Crippen LogP contribution in [0.1, 0.15) is 59.4 Å². The average molecular weight is 331 g/mol. The van der Waals surface area contributed by atoms with Gasteiger partial charge < -0.3 is 5.32 Å². The molecule has 0 saturated heterocycles. The lowest BCUT2D eigenvalue weighted by Gasteiger charge is -2.27. The number of nitrogens with zero attached hydrogens (tertiary/aromatic N) is 2. The van der Waals surface area contributed by atoms with Gasteiger partial charge >= 0.3 is 0 Å². The molecular formula is C18H19F2N3O. The number of benzene rings is 1. The van der Waals surface area contributed by atoms with E-state index in [1.807, 2.05) is 6.92 Å². The van der Waals surface area contributed by atoms with Gasteiger partial charge in [-0.05, 0) is 49.9 Å². The standard InChI is InChI=1S/C18H19F2N3O/c1-11-8-16(23(22-11)14-6-3-7-14)17(24)21-13-5-2-4-12(9-13)15-10-18(15,19)20/h2,4-5,8-9,14-15H,3,6-7,10H2,1H3,(H,21,24). The lowest BCUT2D eigenvalue weighted by molar-refractivity contribution is 0.100. The van der Waals surface area contributed by atoms with Gasteiger partial charge in [0.25, 0.3) is 11.8 Å². The van der Waals surface area contributed by atoms with Crippen LogP contribution in [0, 0.1) is 6.92 Å². The zero-order valence-corrected chi connectivity index (χ0v) is 13.4. The summed E-state index contributed by atoms with van der Waals surface area (Å²) in [5.74, 6) is -3.58. The van der Waals surface area contributed by atoms with Gasteiger partial charge in [0.05, 0.1) is 17.7 Å². The van der Waals surface area contributed by atoms with Crippen LogP contribution in [0.4, 0.5) is 14.5 Å². The average Bonchev–Trinajstić information content (AvgIpc) is 2.94. The Morgan fingerprint density at radius 2 is 2.08 bits per heavy atom. The molecule has 0 spiro atoms. The third-order valence-corrected chi connectivity index (χ3v) is 4.88. The van der Waals surface area contributed by atoms with Gasteiger partial charge in [0.1, 0.15) is 5.69 Å². The highest BCUT2D eigenvalue weighted by molar-refractivity contribution is 6.03. The minimum absolute atomic E-state index is 0.113. The first kappa shape index (κ1) is 15.3. The molecule has 1 heterocycles. The topological polar surface area (TPSA) is 46.9 Å². The van der Waals surface area contributed by atoms with Gasteiger partial charge in [0, 0.05) is 12.1 Å². The second-order valence-electron chi connectivity index (χ2n) is 6.80. The predicted molar refractivity (Wildman–Crippen MR) is 86.6 cm³/mol. The van der Waals surface area contributed by atoms with E-state index in [0.717, 1.165) is 25.0 Å². The Labute approximate surface area is 138 Å². The molecule has 6 heteroatoms. The highest BCUT2D eigenvalue weighted by Gasteiger charge is 2.57. The Hall–Kier alpha value is -2.24. The molecule has 126 valence electrons. The van der Waals surface area contributed by atoms with Crippen LogP contribution in [0.25, 0.3) is 0 Å². The Morgan fingerprint density at radius 1 is 1.33 bits per heavy atom. The zero-order chi connectivity index (χ0) is 16.9. The number of hydrogen-bond acceptors (Lipinski definition) is 2. The van der Waals surface area contributed by atoms with Crippen LogP contribution in [0.2, 0.25) is 0 Å². The number of anilines is 1. The van der Waals surface area contributed by atoms with Crippen LogP contribution in [0.3, 0.4) is 0 Å². The third kappa shape index (κ3) is 2.70. The number of alkyl halides is 2. The quantitative estimate of drug-likeness (QED) is 0.908. The number of aromatic nitrogens is 2. The predicted octanol–water partition coefficient (Wildman–Crippen LogP) is 4.29. The molecule has 1 atom stereocenters. The van der Waals surface area contributed by atoms with E-state index in [1.54, 1.807) is 35.0 Å². The third-order valence-electron chi connectivity index (χ3n) is 4.88. The van der Waals surface area contributed by atoms with E-state index in [4.69, 9.17) is 0 Å². The van der Waals surface area contributed by atoms with E-state index >= 15 is 0 Å². The molecule has 2 aromatic rings. The Bertz CT molecular complexity index is 795. The van der Waals surface area contributed by atoms with Crippen LogP contribution >= 0.6 is 0 Å². The van der Waals surface area contributed by atoms with Crippen molar-refractivity contribution in [2.24, 2.45) is 0 Å².